The van der Waals surface area contributed by atoms with Gasteiger partial charge in [0.25, 0.3) is 11.6 Å². The molecule has 0 unspecified atom stereocenters. The summed E-state index contributed by atoms with van der Waals surface area (Å²) in [7, 11) is 0. The fraction of sp³-hybridized carbons (Fsp3) is 0.158. The van der Waals surface area contributed by atoms with Crippen molar-refractivity contribution in [3.8, 4) is 5.69 Å². The molecule has 0 radical (unpaired) electrons. The predicted octanol–water partition coefficient (Wildman–Crippen LogP) is 4.72. The second-order valence-electron chi connectivity index (χ2n) is 6.58. The van der Waals surface area contributed by atoms with E-state index in [4.69, 9.17) is 23.2 Å². The van der Waals surface area contributed by atoms with Crippen LogP contribution in [0.1, 0.15) is 34.8 Å². The Hall–Kier alpha value is -3.10. The molecule has 1 saturated carbocycles. The molecule has 29 heavy (non-hydrogen) atoms. The number of nitrogens with zero attached hydrogens (tertiary/aromatic N) is 3. The van der Waals surface area contributed by atoms with Crippen LogP contribution in [-0.2, 0) is 0 Å². The average molecular weight is 432 g/mol. The number of benzene rings is 2. The Morgan fingerprint density at radius 3 is 2.66 bits per heavy atom. The number of carbonyl (C=O) groups excluding carboxylic acids is 1. The Balaban J connectivity index is 1.62. The minimum absolute atomic E-state index is 0.140. The normalized spacial score (nSPS) is 13.2. The van der Waals surface area contributed by atoms with Crippen molar-refractivity contribution in [2.45, 2.75) is 18.8 Å². The van der Waals surface area contributed by atoms with Crippen LogP contribution in [0, 0.1) is 10.1 Å². The molecule has 1 fully saturated rings. The van der Waals surface area contributed by atoms with Crippen LogP contribution in [0.25, 0.3) is 5.69 Å². The zero-order chi connectivity index (χ0) is 20.5. The average Bonchev–Trinajstić information content (AvgIpc) is 3.45. The third kappa shape index (κ3) is 3.90. The van der Waals surface area contributed by atoms with Gasteiger partial charge in [0.15, 0.2) is 0 Å². The highest BCUT2D eigenvalue weighted by atomic mass is 35.5. The molecule has 0 spiro atoms. The van der Waals surface area contributed by atoms with E-state index in [1.54, 1.807) is 35.0 Å². The molecule has 0 atom stereocenters. The minimum Gasteiger partial charge on any atom is -0.292 e. The van der Waals surface area contributed by atoms with E-state index in [0.717, 1.165) is 18.5 Å². The number of halogens is 2. The number of aromatic nitrogens is 2. The number of anilines is 1. The Bertz CT molecular complexity index is 1110. The van der Waals surface area contributed by atoms with Gasteiger partial charge in [-0.25, -0.2) is 4.68 Å². The molecule has 0 saturated heterocycles. The number of nitro benzene ring substituents is 1. The van der Waals surface area contributed by atoms with E-state index < -0.39 is 10.8 Å². The number of hydrogen-bond donors (Lipinski definition) is 2. The monoisotopic (exact) mass is 431 g/mol. The van der Waals surface area contributed by atoms with Gasteiger partial charge in [0.1, 0.15) is 5.69 Å². The maximum atomic E-state index is 12.8. The first kappa shape index (κ1) is 19.2. The van der Waals surface area contributed by atoms with Crippen LogP contribution < -0.4 is 10.9 Å². The first-order chi connectivity index (χ1) is 14.0. The fourth-order valence-corrected chi connectivity index (χ4v) is 3.55. The highest BCUT2D eigenvalue weighted by Gasteiger charge is 2.33. The first-order valence-corrected chi connectivity index (χ1v) is 9.54. The minimum atomic E-state index is -0.523. The molecule has 0 aliphatic heterocycles. The Labute approximate surface area is 175 Å². The summed E-state index contributed by atoms with van der Waals surface area (Å²) in [6, 6.07) is 11.1. The van der Waals surface area contributed by atoms with Crippen molar-refractivity contribution < 1.29 is 9.72 Å². The standard InChI is InChI=1S/C19H15Cl2N5O3/c20-12-7-8-16(14(21)9-12)25-18(11-5-6-11)13(10-22-25)19(27)24-23-15-3-1-2-4-17(15)26(28)29/h1-4,7-11,23H,5-6H2,(H,24,27). The SMILES string of the molecule is O=C(NNc1ccccc1[N+](=O)[O-])c1cnn(-c2ccc(Cl)cc2Cl)c1C1CC1. The topological polar surface area (TPSA) is 102 Å². The molecule has 2 aromatic carbocycles. The molecule has 1 aromatic heterocycles. The van der Waals surface area contributed by atoms with Gasteiger partial charge in [-0.1, -0.05) is 35.3 Å². The summed E-state index contributed by atoms with van der Waals surface area (Å²) in [5.74, 6) is -0.252. The highest BCUT2D eigenvalue weighted by molar-refractivity contribution is 6.35. The quantitative estimate of drug-likeness (QED) is 0.434. The van der Waals surface area contributed by atoms with Crippen molar-refractivity contribution in [3.05, 3.63) is 80.1 Å². The third-order valence-electron chi connectivity index (χ3n) is 4.56. The molecular formula is C19H15Cl2N5O3. The second kappa shape index (κ2) is 7.73. The number of rotatable bonds is 6. The summed E-state index contributed by atoms with van der Waals surface area (Å²) in [4.78, 5) is 23.4. The van der Waals surface area contributed by atoms with Gasteiger partial charge in [0, 0.05) is 17.0 Å². The van der Waals surface area contributed by atoms with Crippen molar-refractivity contribution in [2.24, 2.45) is 0 Å². The number of carbonyl (C=O) groups is 1. The molecule has 0 bridgehead atoms. The number of amides is 1. The van der Waals surface area contributed by atoms with Gasteiger partial charge >= 0.3 is 0 Å². The van der Waals surface area contributed by atoms with Crippen LogP contribution in [0.15, 0.2) is 48.7 Å². The van der Waals surface area contributed by atoms with Crippen LogP contribution in [-0.4, -0.2) is 20.6 Å². The predicted molar refractivity (Wildman–Crippen MR) is 110 cm³/mol. The van der Waals surface area contributed by atoms with Gasteiger partial charge in [-0.2, -0.15) is 5.10 Å². The summed E-state index contributed by atoms with van der Waals surface area (Å²) < 4.78 is 1.65. The lowest BCUT2D eigenvalue weighted by Gasteiger charge is -2.12. The Morgan fingerprint density at radius 1 is 1.21 bits per heavy atom. The summed E-state index contributed by atoms with van der Waals surface area (Å²) in [6.45, 7) is 0. The van der Waals surface area contributed by atoms with Crippen LogP contribution in [0.5, 0.6) is 0 Å². The van der Waals surface area contributed by atoms with E-state index in [9.17, 15) is 14.9 Å². The van der Waals surface area contributed by atoms with Gasteiger partial charge in [-0.3, -0.25) is 25.8 Å². The lowest BCUT2D eigenvalue weighted by molar-refractivity contribution is -0.384. The van der Waals surface area contributed by atoms with Gasteiger partial charge in [-0.05, 0) is 37.1 Å². The molecule has 1 aliphatic carbocycles. The Kier molecular flexibility index (Phi) is 5.12. The van der Waals surface area contributed by atoms with E-state index >= 15 is 0 Å². The van der Waals surface area contributed by atoms with E-state index in [0.29, 0.717) is 21.3 Å². The number of hydrogen-bond acceptors (Lipinski definition) is 5. The van der Waals surface area contributed by atoms with Gasteiger partial charge in [-0.15, -0.1) is 0 Å². The number of nitro groups is 1. The molecule has 2 N–H and O–H groups in total. The summed E-state index contributed by atoms with van der Waals surface area (Å²) in [5.41, 5.74) is 6.95. The zero-order valence-corrected chi connectivity index (χ0v) is 16.4. The zero-order valence-electron chi connectivity index (χ0n) is 14.9. The van der Waals surface area contributed by atoms with Crippen molar-refractivity contribution in [2.75, 3.05) is 5.43 Å². The van der Waals surface area contributed by atoms with Crippen molar-refractivity contribution >= 4 is 40.5 Å². The number of nitrogens with one attached hydrogen (secondary N) is 2. The molecule has 4 rings (SSSR count). The fourth-order valence-electron chi connectivity index (χ4n) is 3.06. The number of hydrazine groups is 1. The van der Waals surface area contributed by atoms with Crippen LogP contribution >= 0.6 is 23.2 Å². The molecule has 8 nitrogen and oxygen atoms in total. The first-order valence-electron chi connectivity index (χ1n) is 8.79. The van der Waals surface area contributed by atoms with Crippen LogP contribution in [0.2, 0.25) is 10.0 Å². The molecule has 1 heterocycles. The van der Waals surface area contributed by atoms with Crippen LogP contribution in [0.3, 0.4) is 0 Å². The van der Waals surface area contributed by atoms with E-state index in [2.05, 4.69) is 16.0 Å². The lowest BCUT2D eigenvalue weighted by Crippen LogP contribution is -2.30. The van der Waals surface area contributed by atoms with Crippen molar-refractivity contribution in [1.82, 2.24) is 15.2 Å². The summed E-state index contributed by atoms with van der Waals surface area (Å²) in [5, 5.41) is 16.4. The van der Waals surface area contributed by atoms with Gasteiger partial charge < -0.3 is 0 Å². The van der Waals surface area contributed by atoms with E-state index in [1.165, 1.54) is 18.3 Å². The molecule has 148 valence electrons. The summed E-state index contributed by atoms with van der Waals surface area (Å²) >= 11 is 12.3. The maximum Gasteiger partial charge on any atom is 0.294 e. The molecule has 3 aromatic rings. The maximum absolute atomic E-state index is 12.8. The molecule has 1 amide bonds. The van der Waals surface area contributed by atoms with E-state index in [-0.39, 0.29) is 17.3 Å². The Morgan fingerprint density at radius 2 is 1.97 bits per heavy atom. The summed E-state index contributed by atoms with van der Waals surface area (Å²) in [6.07, 6.45) is 3.35. The molecular weight excluding hydrogens is 417 g/mol. The van der Waals surface area contributed by atoms with Crippen LogP contribution in [0.4, 0.5) is 11.4 Å². The van der Waals surface area contributed by atoms with Gasteiger partial charge in [0.2, 0.25) is 0 Å². The smallest absolute Gasteiger partial charge is 0.292 e. The highest BCUT2D eigenvalue weighted by Crippen LogP contribution is 2.43. The molecule has 10 heteroatoms. The largest absolute Gasteiger partial charge is 0.294 e. The van der Waals surface area contributed by atoms with Gasteiger partial charge in [0.05, 0.1) is 33.1 Å². The second-order valence-corrected chi connectivity index (χ2v) is 7.42. The van der Waals surface area contributed by atoms with E-state index in [1.807, 2.05) is 0 Å². The lowest BCUT2D eigenvalue weighted by atomic mass is 10.1. The molecule has 1 aliphatic rings. The van der Waals surface area contributed by atoms with Crippen molar-refractivity contribution in [3.63, 3.8) is 0 Å². The van der Waals surface area contributed by atoms with Crippen molar-refractivity contribution in [1.29, 1.82) is 0 Å². The third-order valence-corrected chi connectivity index (χ3v) is 5.10. The number of para-hydroxylation sites is 2.